The second-order valence-electron chi connectivity index (χ2n) is 10.5. The molecule has 192 valence electrons. The molecule has 4 aromatic rings. The standard InChI is InChI=1S/C31H34FN3O2/c1-21(2)28(30(36)37-31(3,4)5)33-19-24-20-34-35(29(24)26-13-9-10-14-27(26)32)25-17-15-23(16-18-25)22-11-7-6-8-12-22/h6-18,20-21,28,33H,19H2,1-5H3. The van der Waals surface area contributed by atoms with Gasteiger partial charge in [0.05, 0.1) is 17.6 Å². The van der Waals surface area contributed by atoms with E-state index in [1.807, 2.05) is 83.1 Å². The number of benzene rings is 3. The molecule has 1 atom stereocenters. The summed E-state index contributed by atoms with van der Waals surface area (Å²) in [5.74, 6) is -0.634. The fraction of sp³-hybridized carbons (Fsp3) is 0.290. The van der Waals surface area contributed by atoms with E-state index in [-0.39, 0.29) is 17.7 Å². The Morgan fingerprint density at radius 2 is 1.57 bits per heavy atom. The minimum absolute atomic E-state index is 0.00679. The molecule has 3 aromatic carbocycles. The van der Waals surface area contributed by atoms with Gasteiger partial charge in [0.25, 0.3) is 0 Å². The first-order chi connectivity index (χ1) is 17.6. The molecule has 1 aromatic heterocycles. The minimum atomic E-state index is -0.582. The maximum absolute atomic E-state index is 15.0. The monoisotopic (exact) mass is 499 g/mol. The molecule has 0 saturated heterocycles. The van der Waals surface area contributed by atoms with Gasteiger partial charge in [-0.2, -0.15) is 5.10 Å². The summed E-state index contributed by atoms with van der Waals surface area (Å²) in [6, 6.07) is 24.3. The van der Waals surface area contributed by atoms with E-state index in [9.17, 15) is 4.79 Å². The van der Waals surface area contributed by atoms with Crippen LogP contribution in [0.3, 0.4) is 0 Å². The number of aromatic nitrogens is 2. The van der Waals surface area contributed by atoms with Crippen LogP contribution < -0.4 is 5.32 Å². The molecule has 1 heterocycles. The zero-order valence-corrected chi connectivity index (χ0v) is 22.0. The molecule has 0 aliphatic rings. The molecule has 1 unspecified atom stereocenters. The lowest BCUT2D eigenvalue weighted by Gasteiger charge is -2.26. The van der Waals surface area contributed by atoms with Crippen LogP contribution in [0.4, 0.5) is 4.39 Å². The Labute approximate surface area is 218 Å². The van der Waals surface area contributed by atoms with E-state index in [1.165, 1.54) is 6.07 Å². The van der Waals surface area contributed by atoms with Gasteiger partial charge < -0.3 is 4.74 Å². The summed E-state index contributed by atoms with van der Waals surface area (Å²) in [5, 5.41) is 7.96. The molecule has 0 aliphatic carbocycles. The zero-order valence-electron chi connectivity index (χ0n) is 22.0. The highest BCUT2D eigenvalue weighted by Crippen LogP contribution is 2.30. The Hall–Kier alpha value is -3.77. The molecule has 4 rings (SSSR count). The highest BCUT2D eigenvalue weighted by atomic mass is 19.1. The van der Waals surface area contributed by atoms with Crippen molar-refractivity contribution in [1.82, 2.24) is 15.1 Å². The van der Waals surface area contributed by atoms with Crippen LogP contribution in [-0.2, 0) is 16.1 Å². The van der Waals surface area contributed by atoms with Gasteiger partial charge in [0.2, 0.25) is 0 Å². The van der Waals surface area contributed by atoms with Gasteiger partial charge >= 0.3 is 5.97 Å². The summed E-state index contributed by atoms with van der Waals surface area (Å²) in [7, 11) is 0. The second-order valence-corrected chi connectivity index (χ2v) is 10.5. The highest BCUT2D eigenvalue weighted by molar-refractivity contribution is 5.76. The molecule has 0 spiro atoms. The predicted octanol–water partition coefficient (Wildman–Crippen LogP) is 6.80. The predicted molar refractivity (Wildman–Crippen MR) is 146 cm³/mol. The summed E-state index contributed by atoms with van der Waals surface area (Å²) in [4.78, 5) is 12.8. The van der Waals surface area contributed by atoms with Gasteiger partial charge in [0.1, 0.15) is 17.5 Å². The zero-order chi connectivity index (χ0) is 26.6. The maximum atomic E-state index is 15.0. The fourth-order valence-corrected chi connectivity index (χ4v) is 4.25. The average molecular weight is 500 g/mol. The Morgan fingerprint density at radius 3 is 2.19 bits per heavy atom. The van der Waals surface area contributed by atoms with Crippen LogP contribution in [0.2, 0.25) is 0 Å². The van der Waals surface area contributed by atoms with Gasteiger partial charge in [-0.25, -0.2) is 9.07 Å². The Balaban J connectivity index is 1.68. The van der Waals surface area contributed by atoms with Crippen molar-refractivity contribution in [2.75, 3.05) is 0 Å². The number of halogens is 1. The van der Waals surface area contributed by atoms with Crippen molar-refractivity contribution in [3.63, 3.8) is 0 Å². The first-order valence-electron chi connectivity index (χ1n) is 12.6. The number of hydrogen-bond acceptors (Lipinski definition) is 4. The van der Waals surface area contributed by atoms with E-state index in [0.717, 1.165) is 22.4 Å². The molecule has 5 nitrogen and oxygen atoms in total. The van der Waals surface area contributed by atoms with Crippen molar-refractivity contribution >= 4 is 5.97 Å². The smallest absolute Gasteiger partial charge is 0.323 e. The lowest BCUT2D eigenvalue weighted by atomic mass is 10.0. The summed E-state index contributed by atoms with van der Waals surface area (Å²) < 4.78 is 22.4. The summed E-state index contributed by atoms with van der Waals surface area (Å²) in [6.45, 7) is 9.82. The van der Waals surface area contributed by atoms with Gasteiger partial charge in [-0.15, -0.1) is 0 Å². The molecule has 0 fully saturated rings. The Morgan fingerprint density at radius 1 is 0.946 bits per heavy atom. The van der Waals surface area contributed by atoms with Crippen LogP contribution in [-0.4, -0.2) is 27.4 Å². The normalized spacial score (nSPS) is 12.5. The summed E-state index contributed by atoms with van der Waals surface area (Å²) in [6.07, 6.45) is 1.73. The third-order valence-corrected chi connectivity index (χ3v) is 6.03. The number of rotatable bonds is 8. The first-order valence-corrected chi connectivity index (χ1v) is 12.6. The average Bonchev–Trinajstić information content (AvgIpc) is 3.27. The molecule has 1 N–H and O–H groups in total. The van der Waals surface area contributed by atoms with Crippen LogP contribution in [0, 0.1) is 11.7 Å². The van der Waals surface area contributed by atoms with Crippen molar-refractivity contribution in [2.45, 2.75) is 52.8 Å². The molecule has 0 radical (unpaired) electrons. The molecule has 37 heavy (non-hydrogen) atoms. The Kier molecular flexibility index (Phi) is 7.89. The van der Waals surface area contributed by atoms with E-state index in [2.05, 4.69) is 22.5 Å². The number of nitrogens with one attached hydrogen (secondary N) is 1. The number of carbonyl (C=O) groups excluding carboxylic acids is 1. The number of hydrogen-bond donors (Lipinski definition) is 1. The minimum Gasteiger partial charge on any atom is -0.459 e. The van der Waals surface area contributed by atoms with E-state index in [0.29, 0.717) is 17.8 Å². The van der Waals surface area contributed by atoms with Crippen LogP contribution in [0.5, 0.6) is 0 Å². The van der Waals surface area contributed by atoms with Crippen LogP contribution >= 0.6 is 0 Å². The lowest BCUT2D eigenvalue weighted by Crippen LogP contribution is -2.44. The molecule has 0 aliphatic heterocycles. The number of carbonyl (C=O) groups is 1. The van der Waals surface area contributed by atoms with Crippen molar-refractivity contribution < 1.29 is 13.9 Å². The van der Waals surface area contributed by atoms with Gasteiger partial charge in [0, 0.05) is 17.7 Å². The number of esters is 1. The van der Waals surface area contributed by atoms with Gasteiger partial charge in [-0.3, -0.25) is 10.1 Å². The lowest BCUT2D eigenvalue weighted by molar-refractivity contribution is -0.158. The molecule has 0 bridgehead atoms. The topological polar surface area (TPSA) is 56.2 Å². The number of nitrogens with zero attached hydrogens (tertiary/aromatic N) is 2. The third kappa shape index (κ3) is 6.33. The first kappa shape index (κ1) is 26.3. The van der Waals surface area contributed by atoms with Crippen LogP contribution in [0.15, 0.2) is 85.1 Å². The van der Waals surface area contributed by atoms with Crippen molar-refractivity contribution in [1.29, 1.82) is 0 Å². The quantitative estimate of drug-likeness (QED) is 0.271. The molecular formula is C31H34FN3O2. The fourth-order valence-electron chi connectivity index (χ4n) is 4.25. The van der Waals surface area contributed by atoms with Crippen LogP contribution in [0.25, 0.3) is 28.1 Å². The van der Waals surface area contributed by atoms with E-state index >= 15 is 4.39 Å². The van der Waals surface area contributed by atoms with Crippen LogP contribution in [0.1, 0.15) is 40.2 Å². The molecular weight excluding hydrogens is 465 g/mol. The molecule has 6 heteroatoms. The maximum Gasteiger partial charge on any atom is 0.323 e. The van der Waals surface area contributed by atoms with Gasteiger partial charge in [-0.1, -0.05) is 68.4 Å². The summed E-state index contributed by atoms with van der Waals surface area (Å²) in [5.41, 5.74) is 4.31. The van der Waals surface area contributed by atoms with Crippen molar-refractivity contribution in [2.24, 2.45) is 5.92 Å². The van der Waals surface area contributed by atoms with E-state index in [4.69, 9.17) is 4.74 Å². The van der Waals surface area contributed by atoms with Crippen molar-refractivity contribution in [3.8, 4) is 28.1 Å². The van der Waals surface area contributed by atoms with E-state index in [1.54, 1.807) is 23.0 Å². The second kappa shape index (κ2) is 11.1. The van der Waals surface area contributed by atoms with E-state index < -0.39 is 11.6 Å². The summed E-state index contributed by atoms with van der Waals surface area (Å²) >= 11 is 0. The van der Waals surface area contributed by atoms with Gasteiger partial charge in [-0.05, 0) is 62.1 Å². The third-order valence-electron chi connectivity index (χ3n) is 6.03. The number of ether oxygens (including phenoxy) is 1. The Bertz CT molecular complexity index is 1340. The molecule has 0 amide bonds. The van der Waals surface area contributed by atoms with Gasteiger partial charge in [0.15, 0.2) is 0 Å². The highest BCUT2D eigenvalue weighted by Gasteiger charge is 2.28. The van der Waals surface area contributed by atoms with Crippen molar-refractivity contribution in [3.05, 3.63) is 96.4 Å². The SMILES string of the molecule is CC(C)C(NCc1cnn(-c2ccc(-c3ccccc3)cc2)c1-c1ccccc1F)C(=O)OC(C)(C)C. The largest absolute Gasteiger partial charge is 0.459 e. The molecule has 0 saturated carbocycles.